The predicted octanol–water partition coefficient (Wildman–Crippen LogP) is -0.00310. The third kappa shape index (κ3) is 2.01. The van der Waals surface area contributed by atoms with Crippen LogP contribution in [0.25, 0.3) is 0 Å². The third-order valence-corrected chi connectivity index (χ3v) is 2.39. The summed E-state index contributed by atoms with van der Waals surface area (Å²) in [5.74, 6) is 0.235. The molecule has 0 aromatic heterocycles. The summed E-state index contributed by atoms with van der Waals surface area (Å²) >= 11 is 0. The van der Waals surface area contributed by atoms with Crippen molar-refractivity contribution in [1.29, 1.82) is 0 Å². The average molecular weight is 156 g/mol. The summed E-state index contributed by atoms with van der Waals surface area (Å²) in [5.41, 5.74) is 5.71. The van der Waals surface area contributed by atoms with Crippen LogP contribution in [0.3, 0.4) is 0 Å². The van der Waals surface area contributed by atoms with E-state index in [0.29, 0.717) is 0 Å². The molecule has 3 nitrogen and oxygen atoms in total. The predicted molar refractivity (Wildman–Crippen MR) is 44.3 cm³/mol. The van der Waals surface area contributed by atoms with Gasteiger partial charge < -0.3 is 5.73 Å². The van der Waals surface area contributed by atoms with Gasteiger partial charge in [0.05, 0.1) is 6.04 Å². The van der Waals surface area contributed by atoms with Gasteiger partial charge in [0, 0.05) is 19.1 Å². The Morgan fingerprint density at radius 1 is 1.73 bits per heavy atom. The minimum Gasteiger partial charge on any atom is -0.326 e. The van der Waals surface area contributed by atoms with Crippen LogP contribution in [0, 0.1) is 0 Å². The molecule has 1 aliphatic rings. The minimum absolute atomic E-state index is 0.0588. The van der Waals surface area contributed by atoms with E-state index in [9.17, 15) is 4.79 Å². The van der Waals surface area contributed by atoms with Crippen LogP contribution in [0.1, 0.15) is 20.3 Å². The Morgan fingerprint density at radius 2 is 2.36 bits per heavy atom. The second-order valence-corrected chi connectivity index (χ2v) is 3.33. The van der Waals surface area contributed by atoms with Crippen LogP contribution < -0.4 is 5.73 Å². The van der Waals surface area contributed by atoms with Crippen LogP contribution in [0.4, 0.5) is 0 Å². The van der Waals surface area contributed by atoms with E-state index in [1.165, 1.54) is 0 Å². The lowest BCUT2D eigenvalue weighted by atomic mass is 10.2. The lowest BCUT2D eigenvalue weighted by molar-refractivity contribution is -0.121. The molecule has 1 fully saturated rings. The lowest BCUT2D eigenvalue weighted by Gasteiger charge is -2.20. The monoisotopic (exact) mass is 156 g/mol. The molecule has 2 N–H and O–H groups in total. The van der Waals surface area contributed by atoms with E-state index < -0.39 is 0 Å². The molecule has 1 aliphatic heterocycles. The first-order chi connectivity index (χ1) is 5.11. The number of Topliss-reactive ketones (excluding diaryl/α,β-unsaturated/α-hetero) is 1. The Labute approximate surface area is 67.5 Å². The van der Waals surface area contributed by atoms with Crippen molar-refractivity contribution < 1.29 is 4.79 Å². The van der Waals surface area contributed by atoms with Gasteiger partial charge in [-0.3, -0.25) is 9.69 Å². The highest BCUT2D eigenvalue weighted by Gasteiger charge is 2.25. The first-order valence-electron chi connectivity index (χ1n) is 4.11. The molecule has 3 heteroatoms. The normalized spacial score (nSPS) is 28.8. The minimum atomic E-state index is 0.0588. The zero-order valence-corrected chi connectivity index (χ0v) is 7.21. The molecule has 11 heavy (non-hydrogen) atoms. The number of carbonyl (C=O) groups is 1. The molecule has 0 spiro atoms. The van der Waals surface area contributed by atoms with Crippen molar-refractivity contribution >= 4 is 5.78 Å². The molecule has 0 aliphatic carbocycles. The van der Waals surface area contributed by atoms with Gasteiger partial charge in [-0.1, -0.05) is 0 Å². The second kappa shape index (κ2) is 3.32. The molecule has 0 aromatic carbocycles. The van der Waals surface area contributed by atoms with Gasteiger partial charge in [0.25, 0.3) is 0 Å². The number of nitrogens with zero attached hydrogens (tertiary/aromatic N) is 1. The van der Waals surface area contributed by atoms with E-state index in [2.05, 4.69) is 4.90 Å². The number of rotatable bonds is 2. The van der Waals surface area contributed by atoms with Crippen LogP contribution in [-0.4, -0.2) is 35.9 Å². The topological polar surface area (TPSA) is 46.3 Å². The maximum atomic E-state index is 11.0. The van der Waals surface area contributed by atoms with Crippen LogP contribution in [-0.2, 0) is 4.79 Å². The van der Waals surface area contributed by atoms with E-state index >= 15 is 0 Å². The highest BCUT2D eigenvalue weighted by atomic mass is 16.1. The standard InChI is InChI=1S/C8H16N2O/c1-6(7(2)11)10-4-3-8(9)5-10/h6,8H,3-5,9H2,1-2H3. The Balaban J connectivity index is 2.43. The molecule has 0 radical (unpaired) electrons. The highest BCUT2D eigenvalue weighted by molar-refractivity contribution is 5.80. The van der Waals surface area contributed by atoms with Crippen molar-refractivity contribution in [2.24, 2.45) is 5.73 Å². The maximum absolute atomic E-state index is 11.0. The number of hydrogen-bond donors (Lipinski definition) is 1. The smallest absolute Gasteiger partial charge is 0.146 e. The van der Waals surface area contributed by atoms with Gasteiger partial charge in [-0.05, 0) is 20.3 Å². The Kier molecular flexibility index (Phi) is 2.62. The highest BCUT2D eigenvalue weighted by Crippen LogP contribution is 2.11. The third-order valence-electron chi connectivity index (χ3n) is 2.39. The van der Waals surface area contributed by atoms with Crippen molar-refractivity contribution in [2.45, 2.75) is 32.4 Å². The molecule has 1 saturated heterocycles. The van der Waals surface area contributed by atoms with E-state index in [0.717, 1.165) is 19.5 Å². The fourth-order valence-corrected chi connectivity index (χ4v) is 1.42. The first-order valence-corrected chi connectivity index (χ1v) is 4.11. The molecule has 0 aromatic rings. The van der Waals surface area contributed by atoms with Gasteiger partial charge in [-0.2, -0.15) is 0 Å². The summed E-state index contributed by atoms with van der Waals surface area (Å²) in [4.78, 5) is 13.1. The van der Waals surface area contributed by atoms with E-state index in [1.54, 1.807) is 6.92 Å². The average Bonchev–Trinajstić information content (AvgIpc) is 2.34. The summed E-state index contributed by atoms with van der Waals surface area (Å²) in [5, 5.41) is 0. The second-order valence-electron chi connectivity index (χ2n) is 3.33. The van der Waals surface area contributed by atoms with Gasteiger partial charge in [0.2, 0.25) is 0 Å². The SMILES string of the molecule is CC(=O)C(C)N1CCC(N)C1. The summed E-state index contributed by atoms with van der Waals surface area (Å²) < 4.78 is 0. The molecule has 0 amide bonds. The number of hydrogen-bond acceptors (Lipinski definition) is 3. The van der Waals surface area contributed by atoms with Crippen LogP contribution >= 0.6 is 0 Å². The number of likely N-dealkylation sites (tertiary alicyclic amines) is 1. The lowest BCUT2D eigenvalue weighted by Crippen LogP contribution is -2.37. The van der Waals surface area contributed by atoms with Crippen molar-refractivity contribution in [3.8, 4) is 0 Å². The van der Waals surface area contributed by atoms with Gasteiger partial charge in [0.15, 0.2) is 0 Å². The molecule has 1 rings (SSSR count). The molecule has 0 bridgehead atoms. The number of nitrogens with two attached hydrogens (primary N) is 1. The maximum Gasteiger partial charge on any atom is 0.146 e. The zero-order chi connectivity index (χ0) is 8.43. The first kappa shape index (κ1) is 8.68. The Morgan fingerprint density at radius 3 is 2.73 bits per heavy atom. The van der Waals surface area contributed by atoms with Crippen LogP contribution in [0.5, 0.6) is 0 Å². The molecular formula is C8H16N2O. The van der Waals surface area contributed by atoms with Crippen molar-refractivity contribution in [3.63, 3.8) is 0 Å². The van der Waals surface area contributed by atoms with Gasteiger partial charge >= 0.3 is 0 Å². The molecular weight excluding hydrogens is 140 g/mol. The largest absolute Gasteiger partial charge is 0.326 e. The van der Waals surface area contributed by atoms with E-state index in [4.69, 9.17) is 5.73 Å². The summed E-state index contributed by atoms with van der Waals surface area (Å²) in [7, 11) is 0. The van der Waals surface area contributed by atoms with E-state index in [1.807, 2.05) is 6.92 Å². The van der Waals surface area contributed by atoms with Gasteiger partial charge in [-0.15, -0.1) is 0 Å². The molecule has 0 saturated carbocycles. The molecule has 2 unspecified atom stereocenters. The van der Waals surface area contributed by atoms with Gasteiger partial charge in [0.1, 0.15) is 5.78 Å². The van der Waals surface area contributed by atoms with Crippen LogP contribution in [0.2, 0.25) is 0 Å². The summed E-state index contributed by atoms with van der Waals surface area (Å²) in [6.45, 7) is 5.43. The molecule has 1 heterocycles. The van der Waals surface area contributed by atoms with Crippen molar-refractivity contribution in [3.05, 3.63) is 0 Å². The van der Waals surface area contributed by atoms with Crippen molar-refractivity contribution in [2.75, 3.05) is 13.1 Å². The fourth-order valence-electron chi connectivity index (χ4n) is 1.42. The quantitative estimate of drug-likeness (QED) is 0.612. The van der Waals surface area contributed by atoms with Crippen LogP contribution in [0.15, 0.2) is 0 Å². The summed E-state index contributed by atoms with van der Waals surface area (Å²) in [6, 6.07) is 0.334. The zero-order valence-electron chi connectivity index (χ0n) is 7.21. The van der Waals surface area contributed by atoms with Crippen molar-refractivity contribution in [1.82, 2.24) is 4.90 Å². The Hall–Kier alpha value is -0.410. The van der Waals surface area contributed by atoms with E-state index in [-0.39, 0.29) is 17.9 Å². The summed E-state index contributed by atoms with van der Waals surface area (Å²) in [6.07, 6.45) is 1.03. The molecule has 64 valence electrons. The molecule has 2 atom stereocenters. The fraction of sp³-hybridized carbons (Fsp3) is 0.875. The number of ketones is 1. The number of carbonyl (C=O) groups excluding carboxylic acids is 1. The van der Waals surface area contributed by atoms with Gasteiger partial charge in [-0.25, -0.2) is 0 Å². The Bertz CT molecular complexity index is 158.